The Bertz CT molecular complexity index is 411. The first-order valence-electron chi connectivity index (χ1n) is 4.96. The molecule has 0 fully saturated rings. The van der Waals surface area contributed by atoms with Crippen molar-refractivity contribution in [3.63, 3.8) is 0 Å². The van der Waals surface area contributed by atoms with Crippen LogP contribution in [-0.4, -0.2) is 16.7 Å². The van der Waals surface area contributed by atoms with Gasteiger partial charge in [-0.25, -0.2) is 4.98 Å². The summed E-state index contributed by atoms with van der Waals surface area (Å²) in [6.45, 7) is 0.179. The third-order valence-corrected chi connectivity index (χ3v) is 3.11. The van der Waals surface area contributed by atoms with E-state index in [2.05, 4.69) is 22.5 Å². The lowest BCUT2D eigenvalue weighted by Crippen LogP contribution is -1.92. The first-order valence-corrected chi connectivity index (χ1v) is 5.84. The molecular weight excluding hydrogens is 206 g/mol. The van der Waals surface area contributed by atoms with Crippen molar-refractivity contribution in [2.75, 3.05) is 6.61 Å². The molecule has 0 unspecified atom stereocenters. The molecule has 0 atom stereocenters. The molecule has 0 radical (unpaired) electrons. The van der Waals surface area contributed by atoms with Crippen LogP contribution in [-0.2, 0) is 12.8 Å². The summed E-state index contributed by atoms with van der Waals surface area (Å²) in [7, 11) is 0. The average Bonchev–Trinajstić information content (AvgIpc) is 2.68. The molecule has 0 bridgehead atoms. The van der Waals surface area contributed by atoms with Gasteiger partial charge in [0.1, 0.15) is 0 Å². The summed E-state index contributed by atoms with van der Waals surface area (Å²) < 4.78 is 0. The molecule has 3 heteroatoms. The van der Waals surface area contributed by atoms with Gasteiger partial charge in [0.25, 0.3) is 0 Å². The van der Waals surface area contributed by atoms with E-state index in [1.165, 1.54) is 5.56 Å². The molecule has 0 amide bonds. The quantitative estimate of drug-likeness (QED) is 0.855. The second-order valence-electron chi connectivity index (χ2n) is 3.37. The summed E-state index contributed by atoms with van der Waals surface area (Å²) in [6, 6.07) is 10.3. The van der Waals surface area contributed by atoms with Crippen molar-refractivity contribution in [1.29, 1.82) is 0 Å². The van der Waals surface area contributed by atoms with Crippen LogP contribution in [0.15, 0.2) is 35.7 Å². The van der Waals surface area contributed by atoms with E-state index in [4.69, 9.17) is 5.11 Å². The number of benzene rings is 1. The number of hydrogen-bond donors (Lipinski definition) is 1. The maximum atomic E-state index is 8.79. The van der Waals surface area contributed by atoms with Gasteiger partial charge in [-0.3, -0.25) is 0 Å². The molecule has 0 aliphatic rings. The molecule has 0 saturated carbocycles. The summed E-state index contributed by atoms with van der Waals surface area (Å²) in [4.78, 5) is 4.45. The van der Waals surface area contributed by atoms with Gasteiger partial charge in [-0.2, -0.15) is 0 Å². The number of aliphatic hydroxyl groups excluding tert-OH is 1. The van der Waals surface area contributed by atoms with E-state index < -0.39 is 0 Å². The fourth-order valence-corrected chi connectivity index (χ4v) is 2.23. The van der Waals surface area contributed by atoms with Crippen LogP contribution in [0.5, 0.6) is 0 Å². The predicted molar refractivity (Wildman–Crippen MR) is 62.2 cm³/mol. The molecular formula is C12H13NOS. The van der Waals surface area contributed by atoms with E-state index in [9.17, 15) is 0 Å². The standard InChI is InChI=1S/C12H13NOS/c14-7-6-12-13-11(9-15-12)8-10-4-2-1-3-5-10/h1-5,9,14H,6-8H2. The Hall–Kier alpha value is -1.19. The minimum Gasteiger partial charge on any atom is -0.396 e. The van der Waals surface area contributed by atoms with E-state index in [1.54, 1.807) is 11.3 Å². The van der Waals surface area contributed by atoms with Crippen LogP contribution in [0.2, 0.25) is 0 Å². The van der Waals surface area contributed by atoms with E-state index in [1.807, 2.05) is 18.2 Å². The lowest BCUT2D eigenvalue weighted by molar-refractivity contribution is 0.299. The molecule has 2 aromatic rings. The highest BCUT2D eigenvalue weighted by atomic mass is 32.1. The Morgan fingerprint density at radius 2 is 2.00 bits per heavy atom. The fraction of sp³-hybridized carbons (Fsp3) is 0.250. The number of thiazole rings is 1. The third-order valence-electron chi connectivity index (χ3n) is 2.15. The molecule has 1 N–H and O–H groups in total. The van der Waals surface area contributed by atoms with E-state index in [0.717, 1.165) is 17.1 Å². The minimum absolute atomic E-state index is 0.179. The topological polar surface area (TPSA) is 33.1 Å². The zero-order chi connectivity index (χ0) is 10.5. The Morgan fingerprint density at radius 3 is 2.73 bits per heavy atom. The van der Waals surface area contributed by atoms with E-state index in [-0.39, 0.29) is 6.61 Å². The Kier molecular flexibility index (Phi) is 3.48. The number of rotatable bonds is 4. The average molecular weight is 219 g/mol. The van der Waals surface area contributed by atoms with Crippen LogP contribution in [0.1, 0.15) is 16.3 Å². The maximum Gasteiger partial charge on any atom is 0.0951 e. The van der Waals surface area contributed by atoms with Crippen LogP contribution in [0, 0.1) is 0 Å². The van der Waals surface area contributed by atoms with Gasteiger partial charge < -0.3 is 5.11 Å². The van der Waals surface area contributed by atoms with Crippen molar-refractivity contribution in [2.24, 2.45) is 0 Å². The van der Waals surface area contributed by atoms with Crippen LogP contribution in [0.25, 0.3) is 0 Å². The molecule has 1 aromatic heterocycles. The molecule has 2 nitrogen and oxygen atoms in total. The first-order chi connectivity index (χ1) is 7.38. The number of aliphatic hydroxyl groups is 1. The van der Waals surface area contributed by atoms with Gasteiger partial charge in [0.15, 0.2) is 0 Å². The van der Waals surface area contributed by atoms with Gasteiger partial charge in [0.2, 0.25) is 0 Å². The Balaban J connectivity index is 2.05. The molecule has 1 heterocycles. The van der Waals surface area contributed by atoms with Crippen LogP contribution in [0.3, 0.4) is 0 Å². The maximum absolute atomic E-state index is 8.79. The molecule has 1 aromatic carbocycles. The number of nitrogens with zero attached hydrogens (tertiary/aromatic N) is 1. The van der Waals surface area contributed by atoms with Crippen LogP contribution < -0.4 is 0 Å². The molecule has 0 aliphatic heterocycles. The van der Waals surface area contributed by atoms with E-state index in [0.29, 0.717) is 6.42 Å². The van der Waals surface area contributed by atoms with Gasteiger partial charge in [0.05, 0.1) is 10.7 Å². The molecule has 0 spiro atoms. The zero-order valence-corrected chi connectivity index (χ0v) is 9.20. The minimum atomic E-state index is 0.179. The lowest BCUT2D eigenvalue weighted by atomic mass is 10.1. The Morgan fingerprint density at radius 1 is 1.20 bits per heavy atom. The molecule has 2 rings (SSSR count). The monoisotopic (exact) mass is 219 g/mol. The van der Waals surface area contributed by atoms with Crippen LogP contribution >= 0.6 is 11.3 Å². The van der Waals surface area contributed by atoms with Crippen molar-refractivity contribution in [3.8, 4) is 0 Å². The van der Waals surface area contributed by atoms with Crippen LogP contribution in [0.4, 0.5) is 0 Å². The van der Waals surface area contributed by atoms with Gasteiger partial charge in [-0.15, -0.1) is 11.3 Å². The summed E-state index contributed by atoms with van der Waals surface area (Å²) >= 11 is 1.62. The zero-order valence-electron chi connectivity index (χ0n) is 8.39. The largest absolute Gasteiger partial charge is 0.396 e. The fourth-order valence-electron chi connectivity index (χ4n) is 1.45. The molecule has 15 heavy (non-hydrogen) atoms. The van der Waals surface area contributed by atoms with Crippen molar-refractivity contribution in [2.45, 2.75) is 12.8 Å². The van der Waals surface area contributed by atoms with E-state index >= 15 is 0 Å². The SMILES string of the molecule is OCCc1nc(Cc2ccccc2)cs1. The lowest BCUT2D eigenvalue weighted by Gasteiger charge is -1.96. The highest BCUT2D eigenvalue weighted by molar-refractivity contribution is 7.09. The predicted octanol–water partition coefficient (Wildman–Crippen LogP) is 2.27. The van der Waals surface area contributed by atoms with Crippen molar-refractivity contribution >= 4 is 11.3 Å². The number of aromatic nitrogens is 1. The van der Waals surface area contributed by atoms with Crippen molar-refractivity contribution < 1.29 is 5.11 Å². The smallest absolute Gasteiger partial charge is 0.0951 e. The summed E-state index contributed by atoms with van der Waals surface area (Å²) in [5.74, 6) is 0. The third kappa shape index (κ3) is 2.88. The highest BCUT2D eigenvalue weighted by Gasteiger charge is 2.02. The molecule has 0 aliphatic carbocycles. The second-order valence-corrected chi connectivity index (χ2v) is 4.31. The van der Waals surface area contributed by atoms with Gasteiger partial charge in [-0.1, -0.05) is 30.3 Å². The van der Waals surface area contributed by atoms with Gasteiger partial charge in [0, 0.05) is 24.8 Å². The summed E-state index contributed by atoms with van der Waals surface area (Å²) in [5.41, 5.74) is 2.37. The van der Waals surface area contributed by atoms with Crippen molar-refractivity contribution in [3.05, 3.63) is 52.0 Å². The van der Waals surface area contributed by atoms with Crippen molar-refractivity contribution in [1.82, 2.24) is 4.98 Å². The normalized spacial score (nSPS) is 10.5. The summed E-state index contributed by atoms with van der Waals surface area (Å²) in [6.07, 6.45) is 1.54. The van der Waals surface area contributed by atoms with Gasteiger partial charge >= 0.3 is 0 Å². The highest BCUT2D eigenvalue weighted by Crippen LogP contribution is 2.14. The first kappa shape index (κ1) is 10.3. The molecule has 78 valence electrons. The number of hydrogen-bond acceptors (Lipinski definition) is 3. The molecule has 0 saturated heterocycles. The van der Waals surface area contributed by atoms with Gasteiger partial charge in [-0.05, 0) is 5.56 Å². The summed E-state index contributed by atoms with van der Waals surface area (Å²) in [5, 5.41) is 11.9. The Labute approximate surface area is 93.2 Å². The second kappa shape index (κ2) is 5.05.